The van der Waals surface area contributed by atoms with E-state index in [9.17, 15) is 0 Å². The van der Waals surface area contributed by atoms with Gasteiger partial charge >= 0.3 is 0 Å². The molecule has 0 bridgehead atoms. The first-order chi connectivity index (χ1) is 14.8. The van der Waals surface area contributed by atoms with E-state index in [2.05, 4.69) is 87.9 Å². The highest BCUT2D eigenvalue weighted by atomic mass is 15.3. The predicted molar refractivity (Wildman–Crippen MR) is 121 cm³/mol. The van der Waals surface area contributed by atoms with Crippen LogP contribution in [0.2, 0.25) is 0 Å². The molecule has 0 saturated heterocycles. The summed E-state index contributed by atoms with van der Waals surface area (Å²) in [6.45, 7) is 6.19. The molecule has 1 aliphatic rings. The number of nitrogens with zero attached hydrogens (tertiary/aromatic N) is 5. The summed E-state index contributed by atoms with van der Waals surface area (Å²) in [5, 5.41) is 7.64. The molecule has 0 unspecified atom stereocenters. The summed E-state index contributed by atoms with van der Waals surface area (Å²) in [7, 11) is 0. The molecule has 2 heterocycles. The molecule has 6 heteroatoms. The van der Waals surface area contributed by atoms with Crippen LogP contribution < -0.4 is 5.32 Å². The van der Waals surface area contributed by atoms with Crippen molar-refractivity contribution >= 4 is 11.5 Å². The second-order valence-corrected chi connectivity index (χ2v) is 7.37. The van der Waals surface area contributed by atoms with Gasteiger partial charge < -0.3 is 10.2 Å². The van der Waals surface area contributed by atoms with Crippen LogP contribution in [0.5, 0.6) is 0 Å². The molecule has 154 valence electrons. The maximum absolute atomic E-state index is 4.91. The van der Waals surface area contributed by atoms with Crippen LogP contribution >= 0.6 is 0 Å². The number of aromatic nitrogens is 3. The molecule has 1 aromatic heterocycles. The van der Waals surface area contributed by atoms with Crippen molar-refractivity contribution in [3.8, 4) is 0 Å². The maximum atomic E-state index is 4.91. The van der Waals surface area contributed by atoms with Crippen molar-refractivity contribution in [2.45, 2.75) is 26.4 Å². The highest BCUT2D eigenvalue weighted by molar-refractivity contribution is 5.81. The summed E-state index contributed by atoms with van der Waals surface area (Å²) < 4.78 is 1.83. The Morgan fingerprint density at radius 2 is 1.97 bits per heavy atom. The van der Waals surface area contributed by atoms with E-state index < -0.39 is 0 Å². The molecule has 1 N–H and O–H groups in total. The van der Waals surface area contributed by atoms with Gasteiger partial charge in [0.15, 0.2) is 5.96 Å². The summed E-state index contributed by atoms with van der Waals surface area (Å²) in [5.41, 5.74) is 5.14. The summed E-state index contributed by atoms with van der Waals surface area (Å²) >= 11 is 0. The second-order valence-electron chi connectivity index (χ2n) is 7.37. The SMILES string of the molecule is CCNC(=NCc1cccc(Cn2cncn2)c1)N1CC=C(c2ccccc2)CC1. The van der Waals surface area contributed by atoms with Gasteiger partial charge in [0.25, 0.3) is 0 Å². The molecule has 6 nitrogen and oxygen atoms in total. The maximum Gasteiger partial charge on any atom is 0.194 e. The monoisotopic (exact) mass is 400 g/mol. The van der Waals surface area contributed by atoms with Crippen LogP contribution in [0.15, 0.2) is 78.3 Å². The molecule has 0 saturated carbocycles. The molecule has 1 aliphatic heterocycles. The Hall–Kier alpha value is -3.41. The Labute approximate surface area is 178 Å². The van der Waals surface area contributed by atoms with Crippen LogP contribution in [0.25, 0.3) is 5.57 Å². The van der Waals surface area contributed by atoms with Gasteiger partial charge in [0.05, 0.1) is 13.1 Å². The number of rotatable bonds is 6. The molecule has 2 aromatic carbocycles. The van der Waals surface area contributed by atoms with Crippen LogP contribution in [0.1, 0.15) is 30.0 Å². The van der Waals surface area contributed by atoms with Gasteiger partial charge in [-0.25, -0.2) is 14.7 Å². The highest BCUT2D eigenvalue weighted by Crippen LogP contribution is 2.22. The van der Waals surface area contributed by atoms with Gasteiger partial charge in [0, 0.05) is 19.6 Å². The Kier molecular flexibility index (Phi) is 6.54. The van der Waals surface area contributed by atoms with Crippen LogP contribution in [0.4, 0.5) is 0 Å². The third-order valence-electron chi connectivity index (χ3n) is 5.20. The molecule has 30 heavy (non-hydrogen) atoms. The van der Waals surface area contributed by atoms with Crippen molar-refractivity contribution in [1.82, 2.24) is 25.0 Å². The van der Waals surface area contributed by atoms with Crippen molar-refractivity contribution in [1.29, 1.82) is 0 Å². The molecule has 4 rings (SSSR count). The molecule has 0 atom stereocenters. The minimum Gasteiger partial charge on any atom is -0.356 e. The van der Waals surface area contributed by atoms with Gasteiger partial charge in [0.1, 0.15) is 12.7 Å². The largest absolute Gasteiger partial charge is 0.356 e. The van der Waals surface area contributed by atoms with Crippen LogP contribution in [0, 0.1) is 0 Å². The van der Waals surface area contributed by atoms with Gasteiger partial charge in [-0.2, -0.15) is 5.10 Å². The molecule has 0 fully saturated rings. The molecular weight excluding hydrogens is 372 g/mol. The lowest BCUT2D eigenvalue weighted by atomic mass is 10.00. The van der Waals surface area contributed by atoms with Gasteiger partial charge in [-0.3, -0.25) is 0 Å². The van der Waals surface area contributed by atoms with E-state index in [1.165, 1.54) is 22.3 Å². The normalized spacial score (nSPS) is 14.5. The first-order valence-corrected chi connectivity index (χ1v) is 10.5. The van der Waals surface area contributed by atoms with Gasteiger partial charge in [0.2, 0.25) is 0 Å². The van der Waals surface area contributed by atoms with E-state index in [4.69, 9.17) is 4.99 Å². The Morgan fingerprint density at radius 1 is 1.10 bits per heavy atom. The highest BCUT2D eigenvalue weighted by Gasteiger charge is 2.16. The van der Waals surface area contributed by atoms with E-state index in [0.29, 0.717) is 6.54 Å². The first-order valence-electron chi connectivity index (χ1n) is 10.5. The zero-order valence-corrected chi connectivity index (χ0v) is 17.4. The van der Waals surface area contributed by atoms with Crippen LogP contribution in [0.3, 0.4) is 0 Å². The average molecular weight is 401 g/mol. The Bertz CT molecular complexity index is 992. The minimum atomic E-state index is 0.652. The van der Waals surface area contributed by atoms with Crippen molar-refractivity contribution in [3.63, 3.8) is 0 Å². The molecule has 0 spiro atoms. The smallest absolute Gasteiger partial charge is 0.194 e. The van der Waals surface area contributed by atoms with Crippen LogP contribution in [-0.4, -0.2) is 45.3 Å². The predicted octanol–water partition coefficient (Wildman–Crippen LogP) is 3.58. The van der Waals surface area contributed by atoms with E-state index in [1.807, 2.05) is 4.68 Å². The molecule has 0 aliphatic carbocycles. The van der Waals surface area contributed by atoms with Crippen molar-refractivity contribution in [2.24, 2.45) is 4.99 Å². The third kappa shape index (κ3) is 5.14. The summed E-state index contributed by atoms with van der Waals surface area (Å²) in [4.78, 5) is 11.2. The zero-order chi connectivity index (χ0) is 20.6. The van der Waals surface area contributed by atoms with Crippen molar-refractivity contribution < 1.29 is 0 Å². The fourth-order valence-corrected chi connectivity index (χ4v) is 3.70. The number of nitrogens with one attached hydrogen (secondary N) is 1. The first kappa shape index (κ1) is 19.9. The van der Waals surface area contributed by atoms with E-state index >= 15 is 0 Å². The molecule has 3 aromatic rings. The fraction of sp³-hybridized carbons (Fsp3) is 0.292. The van der Waals surface area contributed by atoms with Crippen molar-refractivity contribution in [3.05, 3.63) is 90.0 Å². The quantitative estimate of drug-likeness (QED) is 0.508. The molecule has 0 radical (unpaired) electrons. The van der Waals surface area contributed by atoms with E-state index in [0.717, 1.165) is 38.6 Å². The summed E-state index contributed by atoms with van der Waals surface area (Å²) in [5.74, 6) is 0.975. The number of hydrogen-bond donors (Lipinski definition) is 1. The van der Waals surface area contributed by atoms with Gasteiger partial charge in [-0.05, 0) is 35.6 Å². The number of hydrogen-bond acceptors (Lipinski definition) is 3. The lowest BCUT2D eigenvalue weighted by molar-refractivity contribution is 0.440. The Morgan fingerprint density at radius 3 is 2.70 bits per heavy atom. The average Bonchev–Trinajstić information content (AvgIpc) is 3.31. The zero-order valence-electron chi connectivity index (χ0n) is 17.4. The third-order valence-corrected chi connectivity index (χ3v) is 5.20. The molecular formula is C24H28N6. The van der Waals surface area contributed by atoms with Gasteiger partial charge in [-0.1, -0.05) is 60.7 Å². The lowest BCUT2D eigenvalue weighted by Crippen LogP contribution is -2.43. The fourth-order valence-electron chi connectivity index (χ4n) is 3.70. The second kappa shape index (κ2) is 9.87. The summed E-state index contributed by atoms with van der Waals surface area (Å²) in [6.07, 6.45) is 6.65. The standard InChI is InChI=1S/C24H28N6/c1-2-26-24(29-13-11-23(12-14-29)22-9-4-3-5-10-22)27-16-20-7-6-8-21(15-20)17-30-19-25-18-28-30/h3-11,15,18-19H,2,12-14,16-17H2,1H3,(H,26,27). The van der Waals surface area contributed by atoms with E-state index in [1.54, 1.807) is 12.7 Å². The minimum absolute atomic E-state index is 0.652. The summed E-state index contributed by atoms with van der Waals surface area (Å²) in [6, 6.07) is 19.2. The van der Waals surface area contributed by atoms with Gasteiger partial charge in [-0.15, -0.1) is 0 Å². The van der Waals surface area contributed by atoms with E-state index in [-0.39, 0.29) is 0 Å². The van der Waals surface area contributed by atoms with Crippen molar-refractivity contribution in [2.75, 3.05) is 19.6 Å². The number of guanidine groups is 1. The topological polar surface area (TPSA) is 58.3 Å². The Balaban J connectivity index is 1.42. The number of benzene rings is 2. The number of aliphatic imine (C=N–C) groups is 1. The lowest BCUT2D eigenvalue weighted by Gasteiger charge is -2.30. The molecule has 0 amide bonds. The van der Waals surface area contributed by atoms with Crippen LogP contribution in [-0.2, 0) is 13.1 Å².